The van der Waals surface area contributed by atoms with Crippen LogP contribution in [-0.2, 0) is 37.4 Å². The molecule has 2 aliphatic rings. The van der Waals surface area contributed by atoms with E-state index in [0.29, 0.717) is 17.2 Å². The van der Waals surface area contributed by atoms with Gasteiger partial charge in [0, 0.05) is 37.6 Å². The molecule has 2 aliphatic heterocycles. The number of aromatic nitrogens is 1. The van der Waals surface area contributed by atoms with Crippen LogP contribution < -0.4 is 10.2 Å². The van der Waals surface area contributed by atoms with E-state index in [9.17, 15) is 22.8 Å². The van der Waals surface area contributed by atoms with Gasteiger partial charge in [-0.1, -0.05) is 0 Å². The zero-order chi connectivity index (χ0) is 20.8. The molecule has 1 saturated heterocycles. The summed E-state index contributed by atoms with van der Waals surface area (Å²) in [6.07, 6.45) is 0.800. The van der Waals surface area contributed by atoms with Gasteiger partial charge in [0.05, 0.1) is 22.8 Å². The highest BCUT2D eigenvalue weighted by Crippen LogP contribution is 2.32. The van der Waals surface area contributed by atoms with Crippen LogP contribution in [0, 0.1) is 0 Å². The molecule has 4 rings (SSSR count). The smallest absolute Gasteiger partial charge is 0.243 e. The summed E-state index contributed by atoms with van der Waals surface area (Å²) in [5.74, 6) is -0.792. The first-order chi connectivity index (χ1) is 13.8. The van der Waals surface area contributed by atoms with Crippen molar-refractivity contribution in [3.05, 3.63) is 34.8 Å². The number of hydrogen-bond acceptors (Lipinski definition) is 7. The largest absolute Gasteiger partial charge is 0.302 e. The zero-order valence-corrected chi connectivity index (χ0v) is 17.2. The van der Waals surface area contributed by atoms with Crippen molar-refractivity contribution in [1.82, 2.24) is 9.29 Å². The van der Waals surface area contributed by atoms with Gasteiger partial charge in [-0.3, -0.25) is 19.3 Å². The number of imide groups is 1. The third-order valence-corrected chi connectivity index (χ3v) is 7.62. The number of amides is 3. The predicted octanol–water partition coefficient (Wildman–Crippen LogP) is 1.50. The molecule has 0 radical (unpaired) electrons. The first-order valence-corrected chi connectivity index (χ1v) is 11.2. The number of sulfonamides is 1. The molecule has 0 aliphatic carbocycles. The molecule has 9 nitrogen and oxygen atoms in total. The summed E-state index contributed by atoms with van der Waals surface area (Å²) >= 11 is 1.27. The Balaban J connectivity index is 1.54. The van der Waals surface area contributed by atoms with Crippen LogP contribution >= 0.6 is 11.3 Å². The van der Waals surface area contributed by atoms with Gasteiger partial charge in [-0.25, -0.2) is 13.4 Å². The topological polar surface area (TPSA) is 117 Å². The predicted molar refractivity (Wildman–Crippen MR) is 106 cm³/mol. The second-order valence-electron chi connectivity index (χ2n) is 6.78. The minimum atomic E-state index is -3.75. The SMILES string of the molecule is CC(=O)Nc1nc2c(s1)CN(S(=O)(=O)c1ccc(N3C(=O)CCC3=O)cc1)CC2. The lowest BCUT2D eigenvalue weighted by Gasteiger charge is -2.25. The molecule has 0 unspecified atom stereocenters. The van der Waals surface area contributed by atoms with Crippen molar-refractivity contribution >= 4 is 49.9 Å². The van der Waals surface area contributed by atoms with Crippen LogP contribution in [0.15, 0.2) is 29.2 Å². The number of nitrogens with one attached hydrogen (secondary N) is 1. The van der Waals surface area contributed by atoms with E-state index in [1.54, 1.807) is 0 Å². The van der Waals surface area contributed by atoms with E-state index >= 15 is 0 Å². The van der Waals surface area contributed by atoms with Crippen LogP contribution in [0.5, 0.6) is 0 Å². The van der Waals surface area contributed by atoms with Gasteiger partial charge in [-0.15, -0.1) is 11.3 Å². The average molecular weight is 434 g/mol. The minimum absolute atomic E-state index is 0.0930. The first kappa shape index (κ1) is 19.7. The van der Waals surface area contributed by atoms with Crippen LogP contribution in [0.25, 0.3) is 0 Å². The van der Waals surface area contributed by atoms with Gasteiger partial charge >= 0.3 is 0 Å². The van der Waals surface area contributed by atoms with Crippen molar-refractivity contribution < 1.29 is 22.8 Å². The molecule has 1 N–H and O–H groups in total. The normalized spacial score (nSPS) is 17.5. The van der Waals surface area contributed by atoms with Crippen molar-refractivity contribution in [3.8, 4) is 0 Å². The number of benzene rings is 1. The van der Waals surface area contributed by atoms with Gasteiger partial charge in [0.1, 0.15) is 0 Å². The Morgan fingerprint density at radius 2 is 1.76 bits per heavy atom. The minimum Gasteiger partial charge on any atom is -0.302 e. The Kier molecular flexibility index (Phi) is 4.97. The number of rotatable bonds is 4. The number of anilines is 2. The number of hydrogen-bond donors (Lipinski definition) is 1. The van der Waals surface area contributed by atoms with Gasteiger partial charge in [0.2, 0.25) is 27.7 Å². The molecule has 2 aromatic rings. The molecule has 0 bridgehead atoms. The number of fused-ring (bicyclic) bond motifs is 1. The highest BCUT2D eigenvalue weighted by Gasteiger charge is 2.32. The lowest BCUT2D eigenvalue weighted by Crippen LogP contribution is -2.35. The molecule has 1 aromatic carbocycles. The van der Waals surface area contributed by atoms with Crippen LogP contribution in [0.1, 0.15) is 30.3 Å². The number of thiazole rings is 1. The van der Waals surface area contributed by atoms with Crippen LogP contribution in [-0.4, -0.2) is 42.0 Å². The number of carbonyl (C=O) groups excluding carboxylic acids is 3. The zero-order valence-electron chi connectivity index (χ0n) is 15.5. The first-order valence-electron chi connectivity index (χ1n) is 8.98. The van der Waals surface area contributed by atoms with E-state index in [-0.39, 0.29) is 48.5 Å². The van der Waals surface area contributed by atoms with E-state index in [0.717, 1.165) is 15.5 Å². The maximum absolute atomic E-state index is 13.0. The third-order valence-electron chi connectivity index (χ3n) is 4.76. The summed E-state index contributed by atoms with van der Waals surface area (Å²) < 4.78 is 27.4. The van der Waals surface area contributed by atoms with Gasteiger partial charge in [-0.05, 0) is 24.3 Å². The summed E-state index contributed by atoms with van der Waals surface area (Å²) in [5.41, 5.74) is 1.17. The lowest BCUT2D eigenvalue weighted by molar-refractivity contribution is -0.121. The van der Waals surface area contributed by atoms with Crippen molar-refractivity contribution in [2.24, 2.45) is 0 Å². The molecule has 1 aromatic heterocycles. The molecular weight excluding hydrogens is 416 g/mol. The fourth-order valence-corrected chi connectivity index (χ4v) is 5.92. The Bertz CT molecular complexity index is 1090. The lowest BCUT2D eigenvalue weighted by atomic mass is 10.2. The molecule has 0 atom stereocenters. The molecule has 1 fully saturated rings. The maximum atomic E-state index is 13.0. The van der Waals surface area contributed by atoms with Crippen LogP contribution in [0.4, 0.5) is 10.8 Å². The molecule has 0 spiro atoms. The Hall–Kier alpha value is -2.63. The molecule has 3 heterocycles. The highest BCUT2D eigenvalue weighted by atomic mass is 32.2. The molecule has 152 valence electrons. The van der Waals surface area contributed by atoms with E-state index in [1.807, 2.05) is 0 Å². The average Bonchev–Trinajstić information content (AvgIpc) is 3.22. The molecule has 11 heteroatoms. The summed E-state index contributed by atoms with van der Waals surface area (Å²) in [5, 5.41) is 3.09. The Morgan fingerprint density at radius 3 is 2.38 bits per heavy atom. The van der Waals surface area contributed by atoms with E-state index in [4.69, 9.17) is 0 Å². The van der Waals surface area contributed by atoms with Crippen molar-refractivity contribution in [3.63, 3.8) is 0 Å². The molecule has 0 saturated carbocycles. The van der Waals surface area contributed by atoms with Crippen molar-refractivity contribution in [2.45, 2.75) is 37.6 Å². The van der Waals surface area contributed by atoms with Gasteiger partial charge < -0.3 is 5.32 Å². The monoisotopic (exact) mass is 434 g/mol. The van der Waals surface area contributed by atoms with Gasteiger partial charge in [-0.2, -0.15) is 4.31 Å². The maximum Gasteiger partial charge on any atom is 0.243 e. The van der Waals surface area contributed by atoms with E-state index < -0.39 is 10.0 Å². The van der Waals surface area contributed by atoms with Crippen LogP contribution in [0.3, 0.4) is 0 Å². The highest BCUT2D eigenvalue weighted by molar-refractivity contribution is 7.89. The van der Waals surface area contributed by atoms with Crippen molar-refractivity contribution in [1.29, 1.82) is 0 Å². The standard InChI is InChI=1S/C18H18N4O5S2/c1-11(23)19-18-20-14-8-9-21(10-15(14)28-18)29(26,27)13-4-2-12(3-5-13)22-16(24)6-7-17(22)25/h2-5H,6-10H2,1H3,(H,19,20,23). The van der Waals surface area contributed by atoms with Crippen LogP contribution in [0.2, 0.25) is 0 Å². The van der Waals surface area contributed by atoms with Gasteiger partial charge in [0.25, 0.3) is 0 Å². The fourth-order valence-electron chi connectivity index (χ4n) is 3.36. The number of nitrogens with zero attached hydrogens (tertiary/aromatic N) is 3. The third kappa shape index (κ3) is 3.68. The second-order valence-corrected chi connectivity index (χ2v) is 9.80. The van der Waals surface area contributed by atoms with E-state index in [2.05, 4.69) is 10.3 Å². The summed E-state index contributed by atoms with van der Waals surface area (Å²) in [6, 6.07) is 5.78. The van der Waals surface area contributed by atoms with E-state index in [1.165, 1.54) is 46.8 Å². The Labute approximate surface area is 171 Å². The Morgan fingerprint density at radius 1 is 1.10 bits per heavy atom. The molecule has 3 amide bonds. The summed E-state index contributed by atoms with van der Waals surface area (Å²) in [4.78, 5) is 41.2. The van der Waals surface area contributed by atoms with Crippen molar-refractivity contribution in [2.75, 3.05) is 16.8 Å². The fraction of sp³-hybridized carbons (Fsp3) is 0.333. The summed E-state index contributed by atoms with van der Waals surface area (Å²) in [6.45, 7) is 1.85. The van der Waals surface area contributed by atoms with Gasteiger partial charge in [0.15, 0.2) is 5.13 Å². The molecule has 29 heavy (non-hydrogen) atoms. The second kappa shape index (κ2) is 7.32. The number of carbonyl (C=O) groups is 3. The summed E-state index contributed by atoms with van der Waals surface area (Å²) in [7, 11) is -3.75. The molecular formula is C18H18N4O5S2. The quantitative estimate of drug-likeness (QED) is 0.729.